The maximum atomic E-state index is 13.0. The van der Waals surface area contributed by atoms with E-state index in [0.717, 1.165) is 5.56 Å². The highest BCUT2D eigenvalue weighted by molar-refractivity contribution is 7.89. The number of benzene rings is 3. The Bertz CT molecular complexity index is 1200. The third-order valence-electron chi connectivity index (χ3n) is 4.88. The first kappa shape index (κ1) is 24.4. The molecule has 3 aromatic rings. The molecule has 0 heterocycles. The summed E-state index contributed by atoms with van der Waals surface area (Å²) in [7, 11) is -3.97. The van der Waals surface area contributed by atoms with Crippen molar-refractivity contribution in [3.05, 3.63) is 95.0 Å². The van der Waals surface area contributed by atoms with Crippen LogP contribution < -0.4 is 10.0 Å². The van der Waals surface area contributed by atoms with Crippen LogP contribution in [0.15, 0.2) is 83.8 Å². The van der Waals surface area contributed by atoms with Crippen LogP contribution in [-0.4, -0.2) is 31.4 Å². The Morgan fingerprint density at radius 2 is 1.52 bits per heavy atom. The van der Waals surface area contributed by atoms with Crippen LogP contribution in [0, 0.1) is 0 Å². The predicted octanol–water partition coefficient (Wildman–Crippen LogP) is 3.89. The maximum Gasteiger partial charge on any atom is 0.307 e. The smallest absolute Gasteiger partial charge is 0.307 e. The van der Waals surface area contributed by atoms with Gasteiger partial charge in [0.1, 0.15) is 6.04 Å². The first-order valence-electron chi connectivity index (χ1n) is 10.2. The molecule has 0 bridgehead atoms. The molecule has 0 aliphatic heterocycles. The van der Waals surface area contributed by atoms with Gasteiger partial charge in [0, 0.05) is 10.7 Å². The second kappa shape index (κ2) is 11.1. The summed E-state index contributed by atoms with van der Waals surface area (Å²) in [5.41, 5.74) is 1.99. The van der Waals surface area contributed by atoms with Crippen molar-refractivity contribution in [2.45, 2.75) is 30.2 Å². The van der Waals surface area contributed by atoms with Gasteiger partial charge in [-0.3, -0.25) is 9.59 Å². The van der Waals surface area contributed by atoms with Crippen LogP contribution in [0.1, 0.15) is 17.5 Å². The number of halogens is 1. The number of amides is 1. The number of hydrogen-bond acceptors (Lipinski definition) is 4. The third kappa shape index (κ3) is 7.42. The normalized spacial score (nSPS) is 12.2. The highest BCUT2D eigenvalue weighted by Gasteiger charge is 2.26. The lowest BCUT2D eigenvalue weighted by Gasteiger charge is -2.19. The molecule has 7 nitrogen and oxygen atoms in total. The number of carbonyl (C=O) groups is 2. The van der Waals surface area contributed by atoms with E-state index in [2.05, 4.69) is 10.0 Å². The average Bonchev–Trinajstić information content (AvgIpc) is 2.78. The fourth-order valence-electron chi connectivity index (χ4n) is 3.18. The number of carboxylic acid groups (broad SMARTS) is 1. The summed E-state index contributed by atoms with van der Waals surface area (Å²) < 4.78 is 28.3. The molecule has 0 radical (unpaired) electrons. The lowest BCUT2D eigenvalue weighted by molar-refractivity contribution is -0.136. The lowest BCUT2D eigenvalue weighted by atomic mass is 10.1. The van der Waals surface area contributed by atoms with Crippen LogP contribution in [0.5, 0.6) is 0 Å². The van der Waals surface area contributed by atoms with Crippen molar-refractivity contribution in [2.75, 3.05) is 5.32 Å². The number of hydrogen-bond donors (Lipinski definition) is 3. The zero-order valence-corrected chi connectivity index (χ0v) is 19.1. The summed E-state index contributed by atoms with van der Waals surface area (Å²) in [6, 6.07) is 20.4. The molecule has 3 rings (SSSR count). The summed E-state index contributed by atoms with van der Waals surface area (Å²) in [6.07, 6.45) is 0.591. The van der Waals surface area contributed by atoms with E-state index in [4.69, 9.17) is 16.7 Å². The molecule has 0 spiro atoms. The van der Waals surface area contributed by atoms with Crippen molar-refractivity contribution >= 4 is 39.2 Å². The largest absolute Gasteiger partial charge is 0.481 e. The van der Waals surface area contributed by atoms with E-state index in [1.54, 1.807) is 24.3 Å². The SMILES string of the molecule is O=C(O)Cc1ccc(NC(=O)[C@H](CCc2ccccc2)NS(=O)(=O)c2ccc(Cl)cc2)cc1. The van der Waals surface area contributed by atoms with Gasteiger partial charge in [0.2, 0.25) is 15.9 Å². The van der Waals surface area contributed by atoms with Gasteiger partial charge >= 0.3 is 5.97 Å². The van der Waals surface area contributed by atoms with Crippen LogP contribution in [0.4, 0.5) is 5.69 Å². The Hall–Kier alpha value is -3.20. The van der Waals surface area contributed by atoms with Gasteiger partial charge in [0.25, 0.3) is 0 Å². The number of sulfonamides is 1. The molecule has 0 saturated heterocycles. The van der Waals surface area contributed by atoms with Crippen LogP contribution in [0.3, 0.4) is 0 Å². The molecule has 3 N–H and O–H groups in total. The van der Waals surface area contributed by atoms with Crippen LogP contribution in [0.2, 0.25) is 5.02 Å². The summed E-state index contributed by atoms with van der Waals surface area (Å²) in [5.74, 6) is -1.47. The van der Waals surface area contributed by atoms with Gasteiger partial charge in [-0.1, -0.05) is 54.1 Å². The highest BCUT2D eigenvalue weighted by Crippen LogP contribution is 2.17. The second-order valence-corrected chi connectivity index (χ2v) is 9.56. The van der Waals surface area contributed by atoms with Crippen molar-refractivity contribution in [3.63, 3.8) is 0 Å². The molecule has 9 heteroatoms. The molecule has 0 aromatic heterocycles. The molecule has 1 atom stereocenters. The summed E-state index contributed by atoms with van der Waals surface area (Å²) >= 11 is 5.85. The van der Waals surface area contributed by atoms with Crippen molar-refractivity contribution in [1.82, 2.24) is 4.72 Å². The minimum atomic E-state index is -3.97. The topological polar surface area (TPSA) is 113 Å². The van der Waals surface area contributed by atoms with E-state index in [9.17, 15) is 18.0 Å². The number of rotatable bonds is 10. The lowest BCUT2D eigenvalue weighted by Crippen LogP contribution is -2.44. The predicted molar refractivity (Wildman–Crippen MR) is 127 cm³/mol. The molecule has 0 saturated carbocycles. The maximum absolute atomic E-state index is 13.0. The van der Waals surface area contributed by atoms with E-state index in [1.807, 2.05) is 30.3 Å². The van der Waals surface area contributed by atoms with Gasteiger partial charge in [-0.05, 0) is 60.4 Å². The molecule has 0 fully saturated rings. The Morgan fingerprint density at radius 3 is 2.12 bits per heavy atom. The van der Waals surface area contributed by atoms with Gasteiger partial charge in [0.15, 0.2) is 0 Å². The molecule has 3 aromatic carbocycles. The number of carbonyl (C=O) groups excluding carboxylic acids is 1. The minimum Gasteiger partial charge on any atom is -0.481 e. The van der Waals surface area contributed by atoms with Crippen LogP contribution in [-0.2, 0) is 32.5 Å². The summed E-state index contributed by atoms with van der Waals surface area (Å²) in [4.78, 5) is 23.8. The second-order valence-electron chi connectivity index (χ2n) is 7.41. The standard InChI is InChI=1S/C24H23ClN2O5S/c25-19-9-13-21(14-10-19)33(31,32)27-22(15-8-17-4-2-1-3-5-17)24(30)26-20-11-6-18(7-12-20)16-23(28)29/h1-7,9-14,22,27H,8,15-16H2,(H,26,30)(H,28,29)/t22-/m0/s1. The molecule has 172 valence electrons. The van der Waals surface area contributed by atoms with Crippen molar-refractivity contribution in [1.29, 1.82) is 0 Å². The van der Waals surface area contributed by atoms with E-state index < -0.39 is 27.9 Å². The van der Waals surface area contributed by atoms with Gasteiger partial charge in [-0.15, -0.1) is 0 Å². The first-order valence-corrected chi connectivity index (χ1v) is 12.0. The molecule has 0 aliphatic rings. The Kier molecular flexibility index (Phi) is 8.21. The minimum absolute atomic E-state index is 0.00225. The first-order chi connectivity index (χ1) is 15.7. The third-order valence-corrected chi connectivity index (χ3v) is 6.62. The molecule has 0 aliphatic carbocycles. The number of carboxylic acids is 1. The Morgan fingerprint density at radius 1 is 0.879 bits per heavy atom. The number of anilines is 1. The van der Waals surface area contributed by atoms with Crippen molar-refractivity contribution < 1.29 is 23.1 Å². The number of aryl methyl sites for hydroxylation is 1. The fraction of sp³-hybridized carbons (Fsp3) is 0.167. The molecule has 1 amide bonds. The molecular formula is C24H23ClN2O5S. The van der Waals surface area contributed by atoms with E-state index in [1.165, 1.54) is 24.3 Å². The van der Waals surface area contributed by atoms with Crippen molar-refractivity contribution in [2.24, 2.45) is 0 Å². The van der Waals surface area contributed by atoms with Gasteiger partial charge in [-0.25, -0.2) is 8.42 Å². The number of nitrogens with one attached hydrogen (secondary N) is 2. The van der Waals surface area contributed by atoms with Crippen LogP contribution >= 0.6 is 11.6 Å². The average molecular weight is 487 g/mol. The molecule has 33 heavy (non-hydrogen) atoms. The zero-order chi connectivity index (χ0) is 23.8. The van der Waals surface area contributed by atoms with E-state index in [0.29, 0.717) is 22.7 Å². The summed E-state index contributed by atoms with van der Waals surface area (Å²) in [6.45, 7) is 0. The van der Waals surface area contributed by atoms with Gasteiger partial charge < -0.3 is 10.4 Å². The molecule has 0 unspecified atom stereocenters. The van der Waals surface area contributed by atoms with Crippen LogP contribution in [0.25, 0.3) is 0 Å². The quantitative estimate of drug-likeness (QED) is 0.402. The van der Waals surface area contributed by atoms with E-state index in [-0.39, 0.29) is 17.7 Å². The highest BCUT2D eigenvalue weighted by atomic mass is 35.5. The van der Waals surface area contributed by atoms with Crippen molar-refractivity contribution in [3.8, 4) is 0 Å². The monoisotopic (exact) mass is 486 g/mol. The zero-order valence-electron chi connectivity index (χ0n) is 17.6. The van der Waals surface area contributed by atoms with Gasteiger partial charge in [-0.2, -0.15) is 4.72 Å². The van der Waals surface area contributed by atoms with Gasteiger partial charge in [0.05, 0.1) is 11.3 Å². The Balaban J connectivity index is 1.77. The molecular weight excluding hydrogens is 464 g/mol. The Labute approximate surface area is 197 Å². The van der Waals surface area contributed by atoms with E-state index >= 15 is 0 Å². The summed E-state index contributed by atoms with van der Waals surface area (Å²) in [5, 5.41) is 12.0. The fourth-order valence-corrected chi connectivity index (χ4v) is 4.53. The number of aliphatic carboxylic acids is 1.